The van der Waals surface area contributed by atoms with Gasteiger partial charge in [0.2, 0.25) is 5.91 Å². The van der Waals surface area contributed by atoms with E-state index in [9.17, 15) is 35.1 Å². The van der Waals surface area contributed by atoms with E-state index in [2.05, 4.69) is 31.3 Å². The van der Waals surface area contributed by atoms with Gasteiger partial charge in [-0.05, 0) is 57.8 Å². The highest BCUT2D eigenvalue weighted by atomic mass is 16.7. The zero-order valence-electron chi connectivity index (χ0n) is 58.7. The molecule has 11 heteroatoms. The van der Waals surface area contributed by atoms with Crippen molar-refractivity contribution in [3.05, 3.63) is 24.3 Å². The van der Waals surface area contributed by atoms with E-state index >= 15 is 0 Å². The number of aliphatic hydroxyl groups excluding tert-OH is 5. The molecule has 0 aromatic rings. The zero-order chi connectivity index (χ0) is 64.4. The van der Waals surface area contributed by atoms with Crippen molar-refractivity contribution in [1.82, 2.24) is 5.32 Å². The van der Waals surface area contributed by atoms with Crippen LogP contribution < -0.4 is 5.32 Å². The lowest BCUT2D eigenvalue weighted by Crippen LogP contribution is -2.60. The molecular formula is C78H149NO10. The number of nitrogens with one attached hydrogen (secondary N) is 1. The first-order valence-corrected chi connectivity index (χ1v) is 39.1. The molecule has 1 heterocycles. The molecule has 0 saturated carbocycles. The van der Waals surface area contributed by atoms with Crippen LogP contribution in [0.15, 0.2) is 24.3 Å². The predicted molar refractivity (Wildman–Crippen MR) is 375 cm³/mol. The Morgan fingerprint density at radius 1 is 0.404 bits per heavy atom. The Kier molecular flexibility index (Phi) is 64.6. The van der Waals surface area contributed by atoms with Crippen molar-refractivity contribution in [3.63, 3.8) is 0 Å². The summed E-state index contributed by atoms with van der Waals surface area (Å²) in [7, 11) is 0. The van der Waals surface area contributed by atoms with Gasteiger partial charge >= 0.3 is 5.97 Å². The average molecular weight is 1260 g/mol. The van der Waals surface area contributed by atoms with Gasteiger partial charge in [-0.25, -0.2) is 0 Å². The quantitative estimate of drug-likeness (QED) is 0.0195. The highest BCUT2D eigenvalue weighted by Crippen LogP contribution is 2.24. The monoisotopic (exact) mass is 1260 g/mol. The largest absolute Gasteiger partial charge is 0.466 e. The van der Waals surface area contributed by atoms with E-state index in [4.69, 9.17) is 14.2 Å². The maximum atomic E-state index is 13.0. The number of hydrogen-bond donors (Lipinski definition) is 6. The fraction of sp³-hybridized carbons (Fsp3) is 0.923. The molecule has 0 bridgehead atoms. The molecule has 526 valence electrons. The molecule has 89 heavy (non-hydrogen) atoms. The van der Waals surface area contributed by atoms with Gasteiger partial charge in [-0.3, -0.25) is 9.59 Å². The Labute approximate surface area is 550 Å². The van der Waals surface area contributed by atoms with Crippen LogP contribution in [-0.4, -0.2) is 100 Å². The Morgan fingerprint density at radius 3 is 1.08 bits per heavy atom. The fourth-order valence-corrected chi connectivity index (χ4v) is 12.7. The summed E-state index contributed by atoms with van der Waals surface area (Å²) in [6, 6.07) is -0.805. The Hall–Kier alpha value is -1.86. The molecule has 0 aromatic heterocycles. The molecule has 7 atom stereocenters. The van der Waals surface area contributed by atoms with Crippen LogP contribution in [0.5, 0.6) is 0 Å². The van der Waals surface area contributed by atoms with Crippen molar-refractivity contribution in [1.29, 1.82) is 0 Å². The summed E-state index contributed by atoms with van der Waals surface area (Å²) < 4.78 is 16.7. The lowest BCUT2D eigenvalue weighted by atomic mass is 9.99. The van der Waals surface area contributed by atoms with Gasteiger partial charge in [-0.1, -0.05) is 353 Å². The summed E-state index contributed by atoms with van der Waals surface area (Å²) in [6.45, 7) is 4.37. The van der Waals surface area contributed by atoms with Crippen LogP contribution in [0.25, 0.3) is 0 Å². The van der Waals surface area contributed by atoms with Gasteiger partial charge in [0.15, 0.2) is 6.29 Å². The zero-order valence-corrected chi connectivity index (χ0v) is 58.7. The number of esters is 1. The molecule has 1 fully saturated rings. The van der Waals surface area contributed by atoms with Crippen molar-refractivity contribution in [2.45, 2.75) is 442 Å². The lowest BCUT2D eigenvalue weighted by molar-refractivity contribution is -0.302. The predicted octanol–water partition coefficient (Wildman–Crippen LogP) is 20.8. The molecule has 6 N–H and O–H groups in total. The summed E-state index contributed by atoms with van der Waals surface area (Å²) in [6.07, 6.45) is 76.6. The average Bonchev–Trinajstić information content (AvgIpc) is 1.84. The molecule has 1 aliphatic heterocycles. The first-order chi connectivity index (χ1) is 43.7. The van der Waals surface area contributed by atoms with E-state index in [1.807, 2.05) is 6.08 Å². The Bertz CT molecular complexity index is 1530. The second-order valence-electron chi connectivity index (χ2n) is 27.4. The fourth-order valence-electron chi connectivity index (χ4n) is 12.7. The molecule has 1 aliphatic rings. The first-order valence-electron chi connectivity index (χ1n) is 39.1. The summed E-state index contributed by atoms with van der Waals surface area (Å²) in [5, 5.41) is 54.3. The number of amides is 1. The van der Waals surface area contributed by atoms with E-state index in [-0.39, 0.29) is 18.5 Å². The van der Waals surface area contributed by atoms with Gasteiger partial charge in [0, 0.05) is 12.8 Å². The van der Waals surface area contributed by atoms with Crippen LogP contribution in [0.2, 0.25) is 0 Å². The summed E-state index contributed by atoms with van der Waals surface area (Å²) >= 11 is 0. The minimum Gasteiger partial charge on any atom is -0.466 e. The standard InChI is InChI=1S/C78H149NO10/c1-3-5-7-9-11-13-14-42-46-50-54-58-62-66-74(83)87-67-63-59-55-51-47-44-41-39-37-35-33-31-29-27-25-23-21-19-17-15-16-18-20-22-24-26-28-30-32-34-36-38-40-43-45-49-53-57-61-65-73(82)79-70(71(81)64-60-56-52-48-12-10-8-6-4-2)69-88-78-77(86)76(85)75(84)72(68-80)89-78/h15-16,60,64,70-72,75-78,80-81,84-86H,3-14,17-59,61-63,65-69H2,1-2H3,(H,79,82)/b16-15-,64-60+. The minimum atomic E-state index is -1.57. The van der Waals surface area contributed by atoms with Gasteiger partial charge in [0.25, 0.3) is 0 Å². The van der Waals surface area contributed by atoms with Crippen LogP contribution in [0.4, 0.5) is 0 Å². The van der Waals surface area contributed by atoms with E-state index in [0.717, 1.165) is 51.4 Å². The number of rotatable bonds is 70. The molecule has 7 unspecified atom stereocenters. The van der Waals surface area contributed by atoms with Crippen molar-refractivity contribution in [2.75, 3.05) is 19.8 Å². The highest BCUT2D eigenvalue weighted by Gasteiger charge is 2.44. The maximum absolute atomic E-state index is 13.0. The maximum Gasteiger partial charge on any atom is 0.305 e. The third-order valence-corrected chi connectivity index (χ3v) is 18.8. The van der Waals surface area contributed by atoms with Crippen LogP contribution in [0, 0.1) is 0 Å². The van der Waals surface area contributed by atoms with E-state index in [1.165, 1.54) is 321 Å². The number of aliphatic hydroxyl groups is 5. The molecule has 11 nitrogen and oxygen atoms in total. The normalized spacial score (nSPS) is 17.8. The summed E-state index contributed by atoms with van der Waals surface area (Å²) in [5.41, 5.74) is 0. The topological polar surface area (TPSA) is 175 Å². The Balaban J connectivity index is 1.85. The van der Waals surface area contributed by atoms with Gasteiger partial charge in [0.1, 0.15) is 24.4 Å². The molecule has 1 saturated heterocycles. The number of carbonyl (C=O) groups is 2. The SMILES string of the molecule is CCCCCCCCC/C=C/C(O)C(COC1OC(CO)C(O)C(O)C1O)NC(=O)CCCCCCCCCCCCCCCCCCC/C=C\CCCCCCCCCCCCCCCCCCCCOC(=O)CCCCCCCCCCCCCCC. The van der Waals surface area contributed by atoms with Gasteiger partial charge < -0.3 is 45.1 Å². The molecule has 0 radical (unpaired) electrons. The second kappa shape index (κ2) is 67.6. The number of hydrogen-bond acceptors (Lipinski definition) is 10. The molecule has 0 spiro atoms. The third-order valence-electron chi connectivity index (χ3n) is 18.8. The van der Waals surface area contributed by atoms with Crippen LogP contribution in [0.1, 0.15) is 399 Å². The highest BCUT2D eigenvalue weighted by molar-refractivity contribution is 5.76. The number of ether oxygens (including phenoxy) is 3. The van der Waals surface area contributed by atoms with Crippen molar-refractivity contribution in [3.8, 4) is 0 Å². The molecule has 0 aliphatic carbocycles. The van der Waals surface area contributed by atoms with E-state index < -0.39 is 49.5 Å². The van der Waals surface area contributed by atoms with Crippen LogP contribution in [-0.2, 0) is 23.8 Å². The lowest BCUT2D eigenvalue weighted by Gasteiger charge is -2.40. The summed E-state index contributed by atoms with van der Waals surface area (Å²) in [5.74, 6) is -0.158. The molecular weight excluding hydrogens is 1110 g/mol. The number of unbranched alkanes of at least 4 members (excludes halogenated alkanes) is 54. The van der Waals surface area contributed by atoms with Crippen LogP contribution in [0.3, 0.4) is 0 Å². The number of carbonyl (C=O) groups excluding carboxylic acids is 2. The van der Waals surface area contributed by atoms with Gasteiger partial charge in [-0.2, -0.15) is 0 Å². The van der Waals surface area contributed by atoms with Crippen molar-refractivity contribution >= 4 is 11.9 Å². The second-order valence-corrected chi connectivity index (χ2v) is 27.4. The van der Waals surface area contributed by atoms with E-state index in [1.54, 1.807) is 6.08 Å². The first kappa shape index (κ1) is 85.2. The van der Waals surface area contributed by atoms with Crippen molar-refractivity contribution in [2.24, 2.45) is 0 Å². The van der Waals surface area contributed by atoms with Gasteiger partial charge in [0.05, 0.1) is 32.0 Å². The van der Waals surface area contributed by atoms with Crippen LogP contribution >= 0.6 is 0 Å². The Morgan fingerprint density at radius 2 is 0.719 bits per heavy atom. The smallest absolute Gasteiger partial charge is 0.305 e. The van der Waals surface area contributed by atoms with E-state index in [0.29, 0.717) is 19.4 Å². The molecule has 1 amide bonds. The van der Waals surface area contributed by atoms with Crippen molar-refractivity contribution < 1.29 is 49.3 Å². The van der Waals surface area contributed by atoms with Gasteiger partial charge in [-0.15, -0.1) is 0 Å². The molecule has 0 aromatic carbocycles. The third kappa shape index (κ3) is 56.2. The molecule has 1 rings (SSSR count). The number of allylic oxidation sites excluding steroid dienone is 3. The summed E-state index contributed by atoms with van der Waals surface area (Å²) in [4.78, 5) is 25.1. The minimum absolute atomic E-state index is 0.0190.